The van der Waals surface area contributed by atoms with Crippen molar-refractivity contribution in [3.8, 4) is 0 Å². The predicted molar refractivity (Wildman–Crippen MR) is 53.6 cm³/mol. The molecule has 14 heavy (non-hydrogen) atoms. The first-order valence-electron chi connectivity index (χ1n) is 4.62. The van der Waals surface area contributed by atoms with Crippen molar-refractivity contribution in [3.05, 3.63) is 0 Å². The quantitative estimate of drug-likeness (QED) is 0.583. The summed E-state index contributed by atoms with van der Waals surface area (Å²) in [6.07, 6.45) is -0.427. The van der Waals surface area contributed by atoms with Crippen molar-refractivity contribution in [2.75, 3.05) is 20.8 Å². The van der Waals surface area contributed by atoms with E-state index < -0.39 is 6.29 Å². The summed E-state index contributed by atoms with van der Waals surface area (Å²) >= 11 is 0. The van der Waals surface area contributed by atoms with Crippen molar-refractivity contribution < 1.29 is 14.3 Å². The normalized spacial score (nSPS) is 15.3. The van der Waals surface area contributed by atoms with Crippen LogP contribution in [-0.2, 0) is 14.3 Å². The summed E-state index contributed by atoms with van der Waals surface area (Å²) in [7, 11) is 3.06. The van der Waals surface area contributed by atoms with Crippen LogP contribution in [0.3, 0.4) is 0 Å². The molecule has 0 aliphatic rings. The van der Waals surface area contributed by atoms with Gasteiger partial charge in [-0.1, -0.05) is 6.92 Å². The Labute approximate surface area is 84.9 Å². The molecule has 0 aromatic rings. The van der Waals surface area contributed by atoms with E-state index in [1.165, 1.54) is 14.2 Å². The molecule has 0 rings (SSSR count). The molecule has 5 nitrogen and oxygen atoms in total. The molecule has 0 saturated carbocycles. The summed E-state index contributed by atoms with van der Waals surface area (Å²) in [5.74, 6) is -0.272. The molecular formula is C9H20N2O3. The Hall–Kier alpha value is -0.650. The van der Waals surface area contributed by atoms with Gasteiger partial charge in [-0.05, 0) is 6.92 Å². The van der Waals surface area contributed by atoms with Gasteiger partial charge in [-0.3, -0.25) is 4.79 Å². The number of carbonyl (C=O) groups is 1. The molecule has 0 radical (unpaired) electrons. The minimum Gasteiger partial charge on any atom is -0.354 e. The second-order valence-electron chi connectivity index (χ2n) is 3.27. The molecule has 0 aromatic carbocycles. The summed E-state index contributed by atoms with van der Waals surface area (Å²) in [5, 5.41) is 2.76. The van der Waals surface area contributed by atoms with Crippen molar-refractivity contribution in [2.24, 2.45) is 11.7 Å². The number of amides is 1. The van der Waals surface area contributed by atoms with E-state index in [2.05, 4.69) is 5.32 Å². The van der Waals surface area contributed by atoms with Crippen LogP contribution in [0.1, 0.15) is 13.8 Å². The lowest BCUT2D eigenvalue weighted by Crippen LogP contribution is -2.46. The standard InChI is InChI=1S/C9H20N2O3/c1-6(5-10)8(12)11-7(2)9(13-3)14-4/h6-7,9H,5,10H2,1-4H3,(H,11,12). The number of nitrogens with one attached hydrogen (secondary N) is 1. The molecule has 1 amide bonds. The molecule has 0 spiro atoms. The molecule has 84 valence electrons. The molecule has 0 aromatic heterocycles. The van der Waals surface area contributed by atoms with Crippen molar-refractivity contribution >= 4 is 5.91 Å². The van der Waals surface area contributed by atoms with Crippen LogP contribution >= 0.6 is 0 Å². The second kappa shape index (κ2) is 6.75. The Bertz CT molecular complexity index is 171. The number of hydrogen-bond donors (Lipinski definition) is 2. The molecule has 2 atom stereocenters. The van der Waals surface area contributed by atoms with Gasteiger partial charge in [0, 0.05) is 26.7 Å². The maximum atomic E-state index is 11.4. The van der Waals surface area contributed by atoms with Crippen LogP contribution in [0.5, 0.6) is 0 Å². The lowest BCUT2D eigenvalue weighted by molar-refractivity contribution is -0.138. The van der Waals surface area contributed by atoms with Gasteiger partial charge in [0.1, 0.15) is 0 Å². The van der Waals surface area contributed by atoms with Gasteiger partial charge < -0.3 is 20.5 Å². The summed E-state index contributed by atoms with van der Waals surface area (Å²) in [4.78, 5) is 11.4. The zero-order chi connectivity index (χ0) is 11.1. The third-order valence-electron chi connectivity index (χ3n) is 2.04. The molecule has 0 saturated heterocycles. The van der Waals surface area contributed by atoms with Crippen LogP contribution < -0.4 is 11.1 Å². The average molecular weight is 204 g/mol. The summed E-state index contributed by atoms with van der Waals surface area (Å²) in [6.45, 7) is 3.93. The molecule has 0 bridgehead atoms. The van der Waals surface area contributed by atoms with Crippen molar-refractivity contribution in [3.63, 3.8) is 0 Å². The lowest BCUT2D eigenvalue weighted by atomic mass is 10.1. The van der Waals surface area contributed by atoms with Gasteiger partial charge in [-0.25, -0.2) is 0 Å². The molecule has 2 unspecified atom stereocenters. The van der Waals surface area contributed by atoms with Crippen LogP contribution in [0.4, 0.5) is 0 Å². The first-order valence-corrected chi connectivity index (χ1v) is 4.62. The maximum Gasteiger partial charge on any atom is 0.224 e. The van der Waals surface area contributed by atoms with Crippen LogP contribution in [0.2, 0.25) is 0 Å². The van der Waals surface area contributed by atoms with Gasteiger partial charge in [0.25, 0.3) is 0 Å². The van der Waals surface area contributed by atoms with E-state index in [1.54, 1.807) is 6.92 Å². The Morgan fingerprint density at radius 3 is 2.21 bits per heavy atom. The summed E-state index contributed by atoms with van der Waals surface area (Å²) in [6, 6.07) is -0.188. The van der Waals surface area contributed by atoms with E-state index >= 15 is 0 Å². The highest BCUT2D eigenvalue weighted by molar-refractivity contribution is 5.78. The SMILES string of the molecule is COC(OC)C(C)NC(=O)C(C)CN. The number of carbonyl (C=O) groups excluding carboxylic acids is 1. The van der Waals surface area contributed by atoms with Gasteiger partial charge >= 0.3 is 0 Å². The van der Waals surface area contributed by atoms with Crippen LogP contribution in [0.15, 0.2) is 0 Å². The minimum atomic E-state index is -0.427. The smallest absolute Gasteiger partial charge is 0.224 e. The highest BCUT2D eigenvalue weighted by atomic mass is 16.7. The number of nitrogens with two attached hydrogens (primary N) is 1. The molecule has 5 heteroatoms. The van der Waals surface area contributed by atoms with Gasteiger partial charge in [0.05, 0.1) is 6.04 Å². The first-order chi connectivity index (χ1) is 6.56. The third kappa shape index (κ3) is 4.04. The summed E-state index contributed by atoms with van der Waals surface area (Å²) < 4.78 is 10.0. The molecular weight excluding hydrogens is 184 g/mol. The Balaban J connectivity index is 4.03. The Morgan fingerprint density at radius 2 is 1.86 bits per heavy atom. The Morgan fingerprint density at radius 1 is 1.36 bits per heavy atom. The predicted octanol–water partition coefficient (Wildman–Crippen LogP) is -0.295. The molecule has 0 heterocycles. The number of ether oxygens (including phenoxy) is 2. The monoisotopic (exact) mass is 204 g/mol. The van der Waals surface area contributed by atoms with Crippen LogP contribution in [0.25, 0.3) is 0 Å². The van der Waals surface area contributed by atoms with Crippen molar-refractivity contribution in [2.45, 2.75) is 26.2 Å². The fraction of sp³-hybridized carbons (Fsp3) is 0.889. The van der Waals surface area contributed by atoms with Crippen molar-refractivity contribution in [1.82, 2.24) is 5.32 Å². The zero-order valence-corrected chi connectivity index (χ0v) is 9.24. The largest absolute Gasteiger partial charge is 0.354 e. The first kappa shape index (κ1) is 13.4. The van der Waals surface area contributed by atoms with Crippen LogP contribution in [-0.4, -0.2) is 39.0 Å². The highest BCUT2D eigenvalue weighted by Gasteiger charge is 2.20. The molecule has 0 aliphatic carbocycles. The topological polar surface area (TPSA) is 73.6 Å². The van der Waals surface area contributed by atoms with E-state index in [1.807, 2.05) is 6.92 Å². The lowest BCUT2D eigenvalue weighted by Gasteiger charge is -2.23. The fourth-order valence-corrected chi connectivity index (χ4v) is 1.05. The van der Waals surface area contributed by atoms with Crippen molar-refractivity contribution in [1.29, 1.82) is 0 Å². The fourth-order valence-electron chi connectivity index (χ4n) is 1.05. The second-order valence-corrected chi connectivity index (χ2v) is 3.27. The molecule has 0 aliphatic heterocycles. The van der Waals surface area contributed by atoms with Gasteiger partial charge in [-0.15, -0.1) is 0 Å². The van der Waals surface area contributed by atoms with E-state index in [0.29, 0.717) is 6.54 Å². The van der Waals surface area contributed by atoms with E-state index in [-0.39, 0.29) is 17.9 Å². The Kier molecular flexibility index (Phi) is 6.44. The number of methoxy groups -OCH3 is 2. The van der Waals surface area contributed by atoms with Gasteiger partial charge in [-0.2, -0.15) is 0 Å². The third-order valence-corrected chi connectivity index (χ3v) is 2.04. The minimum absolute atomic E-state index is 0.0842. The average Bonchev–Trinajstić information content (AvgIpc) is 2.18. The maximum absolute atomic E-state index is 11.4. The number of rotatable bonds is 6. The number of hydrogen-bond acceptors (Lipinski definition) is 4. The van der Waals surface area contributed by atoms with Gasteiger partial charge in [0.15, 0.2) is 6.29 Å². The molecule has 0 fully saturated rings. The van der Waals surface area contributed by atoms with Crippen LogP contribution in [0, 0.1) is 5.92 Å². The van der Waals surface area contributed by atoms with E-state index in [4.69, 9.17) is 15.2 Å². The van der Waals surface area contributed by atoms with E-state index in [9.17, 15) is 4.79 Å². The zero-order valence-electron chi connectivity index (χ0n) is 9.24. The van der Waals surface area contributed by atoms with Gasteiger partial charge in [0.2, 0.25) is 5.91 Å². The molecule has 3 N–H and O–H groups in total. The highest BCUT2D eigenvalue weighted by Crippen LogP contribution is 2.00. The van der Waals surface area contributed by atoms with E-state index in [0.717, 1.165) is 0 Å². The summed E-state index contributed by atoms with van der Waals surface area (Å²) in [5.41, 5.74) is 5.37.